The average molecular weight is 296 g/mol. The van der Waals surface area contributed by atoms with Crippen LogP contribution in [0.4, 0.5) is 8.78 Å². The normalized spacial score (nSPS) is 20.4. The summed E-state index contributed by atoms with van der Waals surface area (Å²) in [5.74, 6) is -2.29. The number of piperazine rings is 1. The lowest BCUT2D eigenvalue weighted by molar-refractivity contribution is -0.146. The summed E-state index contributed by atoms with van der Waals surface area (Å²) in [6.45, 7) is 3.86. The molecule has 1 saturated heterocycles. The van der Waals surface area contributed by atoms with Crippen molar-refractivity contribution in [1.82, 2.24) is 10.2 Å². The molecule has 1 N–H and O–H groups in total. The molecule has 2 unspecified atom stereocenters. The molecular formula is C15H18F2N2O2. The maximum absolute atomic E-state index is 13.2. The number of carbonyl (C=O) groups is 2. The molecule has 1 aliphatic heterocycles. The molecule has 1 aromatic carbocycles. The van der Waals surface area contributed by atoms with Crippen molar-refractivity contribution in [2.45, 2.75) is 32.9 Å². The Labute approximate surface area is 122 Å². The lowest BCUT2D eigenvalue weighted by Gasteiger charge is -2.35. The standard InChI is InChI=1S/C15H18F2N2O2/c1-3-9(2)14-15(21)19(8-13(20)18-14)7-10-4-5-11(16)12(17)6-10/h4-6,9,14H,3,7-8H2,1-2H3,(H,18,20). The van der Waals surface area contributed by atoms with E-state index in [1.807, 2.05) is 13.8 Å². The zero-order chi connectivity index (χ0) is 15.6. The third-order valence-electron chi connectivity index (χ3n) is 3.80. The molecular weight excluding hydrogens is 278 g/mol. The van der Waals surface area contributed by atoms with Gasteiger partial charge in [0.05, 0.1) is 6.54 Å². The van der Waals surface area contributed by atoms with Crippen molar-refractivity contribution in [1.29, 1.82) is 0 Å². The van der Waals surface area contributed by atoms with E-state index in [2.05, 4.69) is 5.32 Å². The van der Waals surface area contributed by atoms with Crippen LogP contribution in [-0.2, 0) is 16.1 Å². The van der Waals surface area contributed by atoms with E-state index in [-0.39, 0.29) is 30.8 Å². The fraction of sp³-hybridized carbons (Fsp3) is 0.467. The minimum Gasteiger partial charge on any atom is -0.342 e. The van der Waals surface area contributed by atoms with Gasteiger partial charge in [0.2, 0.25) is 11.8 Å². The first-order valence-electron chi connectivity index (χ1n) is 6.94. The third kappa shape index (κ3) is 3.37. The van der Waals surface area contributed by atoms with Crippen LogP contribution in [0.2, 0.25) is 0 Å². The molecule has 0 spiro atoms. The number of carbonyl (C=O) groups excluding carboxylic acids is 2. The largest absolute Gasteiger partial charge is 0.342 e. The van der Waals surface area contributed by atoms with Gasteiger partial charge in [0, 0.05) is 6.54 Å². The maximum Gasteiger partial charge on any atom is 0.246 e. The van der Waals surface area contributed by atoms with E-state index in [4.69, 9.17) is 0 Å². The predicted octanol–water partition coefficient (Wildman–Crippen LogP) is 1.84. The summed E-state index contributed by atoms with van der Waals surface area (Å²) < 4.78 is 26.1. The molecule has 1 heterocycles. The Bertz CT molecular complexity index is 563. The van der Waals surface area contributed by atoms with E-state index in [1.54, 1.807) is 0 Å². The lowest BCUT2D eigenvalue weighted by Crippen LogP contribution is -2.59. The molecule has 0 aliphatic carbocycles. The number of nitrogens with zero attached hydrogens (tertiary/aromatic N) is 1. The van der Waals surface area contributed by atoms with Crippen molar-refractivity contribution in [3.8, 4) is 0 Å². The minimum absolute atomic E-state index is 0.0224. The van der Waals surface area contributed by atoms with Gasteiger partial charge in [-0.25, -0.2) is 8.78 Å². The van der Waals surface area contributed by atoms with Crippen molar-refractivity contribution in [3.05, 3.63) is 35.4 Å². The SMILES string of the molecule is CCC(C)C1NC(=O)CN(Cc2ccc(F)c(F)c2)C1=O. The van der Waals surface area contributed by atoms with Crippen LogP contribution >= 0.6 is 0 Å². The number of benzene rings is 1. The highest BCUT2D eigenvalue weighted by atomic mass is 19.2. The van der Waals surface area contributed by atoms with Gasteiger partial charge < -0.3 is 10.2 Å². The van der Waals surface area contributed by atoms with Gasteiger partial charge in [-0.1, -0.05) is 26.3 Å². The van der Waals surface area contributed by atoms with E-state index in [0.29, 0.717) is 5.56 Å². The molecule has 1 fully saturated rings. The van der Waals surface area contributed by atoms with Crippen LogP contribution in [0.1, 0.15) is 25.8 Å². The Hall–Kier alpha value is -1.98. The monoisotopic (exact) mass is 296 g/mol. The number of rotatable bonds is 4. The third-order valence-corrected chi connectivity index (χ3v) is 3.80. The first-order valence-corrected chi connectivity index (χ1v) is 6.94. The van der Waals surface area contributed by atoms with Crippen LogP contribution in [0.25, 0.3) is 0 Å². The Morgan fingerprint density at radius 3 is 2.67 bits per heavy atom. The molecule has 4 nitrogen and oxygen atoms in total. The van der Waals surface area contributed by atoms with Crippen molar-refractivity contribution in [3.63, 3.8) is 0 Å². The van der Waals surface area contributed by atoms with Gasteiger partial charge in [0.1, 0.15) is 6.04 Å². The first kappa shape index (κ1) is 15.4. The molecule has 0 aromatic heterocycles. The van der Waals surface area contributed by atoms with E-state index >= 15 is 0 Å². The predicted molar refractivity (Wildman–Crippen MR) is 73.2 cm³/mol. The van der Waals surface area contributed by atoms with Gasteiger partial charge in [0.25, 0.3) is 0 Å². The number of hydrogen-bond donors (Lipinski definition) is 1. The summed E-state index contributed by atoms with van der Waals surface area (Å²) in [6.07, 6.45) is 0.760. The van der Waals surface area contributed by atoms with Crippen molar-refractivity contribution < 1.29 is 18.4 Å². The summed E-state index contributed by atoms with van der Waals surface area (Å²) in [4.78, 5) is 25.5. The van der Waals surface area contributed by atoms with Gasteiger partial charge in [-0.15, -0.1) is 0 Å². The quantitative estimate of drug-likeness (QED) is 0.921. The second-order valence-corrected chi connectivity index (χ2v) is 5.37. The van der Waals surface area contributed by atoms with Gasteiger partial charge in [-0.2, -0.15) is 0 Å². The molecule has 0 radical (unpaired) electrons. The fourth-order valence-electron chi connectivity index (χ4n) is 2.34. The highest BCUT2D eigenvalue weighted by Crippen LogP contribution is 2.17. The zero-order valence-corrected chi connectivity index (χ0v) is 12.0. The van der Waals surface area contributed by atoms with Crippen LogP contribution < -0.4 is 5.32 Å². The topological polar surface area (TPSA) is 49.4 Å². The summed E-state index contributed by atoms with van der Waals surface area (Å²) in [5.41, 5.74) is 0.458. The minimum atomic E-state index is -0.958. The van der Waals surface area contributed by atoms with Crippen molar-refractivity contribution >= 4 is 11.8 Å². The summed E-state index contributed by atoms with van der Waals surface area (Å²) in [7, 11) is 0. The van der Waals surface area contributed by atoms with Crippen LogP contribution in [0.15, 0.2) is 18.2 Å². The smallest absolute Gasteiger partial charge is 0.246 e. The first-order chi connectivity index (χ1) is 9.92. The van der Waals surface area contributed by atoms with Gasteiger partial charge >= 0.3 is 0 Å². The van der Waals surface area contributed by atoms with Gasteiger partial charge in [-0.05, 0) is 23.6 Å². The van der Waals surface area contributed by atoms with E-state index in [9.17, 15) is 18.4 Å². The molecule has 2 rings (SSSR count). The summed E-state index contributed by atoms with van der Waals surface area (Å²) in [5, 5.41) is 2.69. The number of halogens is 2. The second-order valence-electron chi connectivity index (χ2n) is 5.37. The number of hydrogen-bond acceptors (Lipinski definition) is 2. The zero-order valence-electron chi connectivity index (χ0n) is 12.0. The Morgan fingerprint density at radius 2 is 2.05 bits per heavy atom. The molecule has 1 aromatic rings. The molecule has 2 atom stereocenters. The Kier molecular flexibility index (Phi) is 4.55. The second kappa shape index (κ2) is 6.20. The van der Waals surface area contributed by atoms with Crippen LogP contribution in [-0.4, -0.2) is 29.3 Å². The van der Waals surface area contributed by atoms with Crippen molar-refractivity contribution in [2.24, 2.45) is 5.92 Å². The molecule has 0 saturated carbocycles. The Morgan fingerprint density at radius 1 is 1.33 bits per heavy atom. The highest BCUT2D eigenvalue weighted by molar-refractivity contribution is 5.95. The molecule has 6 heteroatoms. The highest BCUT2D eigenvalue weighted by Gasteiger charge is 2.35. The summed E-state index contributed by atoms with van der Waals surface area (Å²) >= 11 is 0. The maximum atomic E-state index is 13.2. The number of nitrogens with one attached hydrogen (secondary N) is 1. The molecule has 1 aliphatic rings. The summed E-state index contributed by atoms with van der Waals surface area (Å²) in [6, 6.07) is 2.93. The van der Waals surface area contributed by atoms with Crippen LogP contribution in [0.3, 0.4) is 0 Å². The average Bonchev–Trinajstić information content (AvgIpc) is 2.45. The molecule has 21 heavy (non-hydrogen) atoms. The molecule has 114 valence electrons. The molecule has 0 bridgehead atoms. The van der Waals surface area contributed by atoms with E-state index < -0.39 is 17.7 Å². The van der Waals surface area contributed by atoms with Crippen molar-refractivity contribution in [2.75, 3.05) is 6.54 Å². The van der Waals surface area contributed by atoms with Gasteiger partial charge in [-0.3, -0.25) is 9.59 Å². The lowest BCUT2D eigenvalue weighted by atomic mass is 9.96. The van der Waals surface area contributed by atoms with Gasteiger partial charge in [0.15, 0.2) is 11.6 Å². The fourth-order valence-corrected chi connectivity index (χ4v) is 2.34. The van der Waals surface area contributed by atoms with Crippen LogP contribution in [0, 0.1) is 17.6 Å². The number of amides is 2. The van der Waals surface area contributed by atoms with Crippen LogP contribution in [0.5, 0.6) is 0 Å². The van der Waals surface area contributed by atoms with E-state index in [0.717, 1.165) is 18.6 Å². The van der Waals surface area contributed by atoms with E-state index in [1.165, 1.54) is 11.0 Å². The Balaban J connectivity index is 2.16. The molecule has 2 amide bonds.